The zero-order chi connectivity index (χ0) is 15.4. The van der Waals surface area contributed by atoms with E-state index in [4.69, 9.17) is 5.11 Å². The first-order valence-electron chi connectivity index (χ1n) is 6.00. The monoisotopic (exact) mass is 356 g/mol. The van der Waals surface area contributed by atoms with Gasteiger partial charge in [0.1, 0.15) is 11.6 Å². The largest absolute Gasteiger partial charge is 0.465 e. The van der Waals surface area contributed by atoms with Crippen LogP contribution in [0.3, 0.4) is 0 Å². The van der Waals surface area contributed by atoms with Crippen molar-refractivity contribution in [3.05, 3.63) is 63.9 Å². The third-order valence-electron chi connectivity index (χ3n) is 2.86. The lowest BCUT2D eigenvalue weighted by atomic mass is 9.94. The standard InChI is InChI=1S/C14H11BrF2N2O2/c15-12-2-1-3-18-13(12)11(7-19-14(20)21)8-4-9(16)6-10(17)5-8/h1-6,11,19H,7H2,(H,20,21). The van der Waals surface area contributed by atoms with Crippen molar-refractivity contribution in [3.63, 3.8) is 0 Å². The summed E-state index contributed by atoms with van der Waals surface area (Å²) in [6, 6.07) is 6.52. The van der Waals surface area contributed by atoms with Crippen molar-refractivity contribution in [3.8, 4) is 0 Å². The molecule has 1 atom stereocenters. The van der Waals surface area contributed by atoms with Gasteiger partial charge in [-0.25, -0.2) is 13.6 Å². The van der Waals surface area contributed by atoms with Crippen molar-refractivity contribution >= 4 is 22.0 Å². The molecule has 1 amide bonds. The molecule has 21 heavy (non-hydrogen) atoms. The Balaban J connectivity index is 2.45. The highest BCUT2D eigenvalue weighted by Gasteiger charge is 2.20. The van der Waals surface area contributed by atoms with Gasteiger partial charge in [-0.3, -0.25) is 4.98 Å². The fraction of sp³-hybridized carbons (Fsp3) is 0.143. The fourth-order valence-corrected chi connectivity index (χ4v) is 2.52. The first kappa shape index (κ1) is 15.4. The Morgan fingerprint density at radius 3 is 2.57 bits per heavy atom. The molecule has 0 radical (unpaired) electrons. The Hall–Kier alpha value is -2.02. The molecular formula is C14H11BrF2N2O2. The molecular weight excluding hydrogens is 346 g/mol. The summed E-state index contributed by atoms with van der Waals surface area (Å²) in [6.07, 6.45) is 0.313. The summed E-state index contributed by atoms with van der Waals surface area (Å²) >= 11 is 3.31. The number of halogens is 3. The summed E-state index contributed by atoms with van der Waals surface area (Å²) in [7, 11) is 0. The van der Waals surface area contributed by atoms with Crippen LogP contribution in [0.25, 0.3) is 0 Å². The number of nitrogens with one attached hydrogen (secondary N) is 1. The Kier molecular flexibility index (Phi) is 4.85. The Morgan fingerprint density at radius 2 is 2.00 bits per heavy atom. The zero-order valence-corrected chi connectivity index (χ0v) is 12.3. The van der Waals surface area contributed by atoms with E-state index >= 15 is 0 Å². The summed E-state index contributed by atoms with van der Waals surface area (Å²) in [4.78, 5) is 14.9. The highest BCUT2D eigenvalue weighted by Crippen LogP contribution is 2.29. The lowest BCUT2D eigenvalue weighted by Gasteiger charge is -2.18. The normalized spacial score (nSPS) is 12.0. The quantitative estimate of drug-likeness (QED) is 0.880. The number of aromatic nitrogens is 1. The van der Waals surface area contributed by atoms with E-state index in [0.29, 0.717) is 15.7 Å². The number of rotatable bonds is 4. The van der Waals surface area contributed by atoms with E-state index < -0.39 is 23.6 Å². The summed E-state index contributed by atoms with van der Waals surface area (Å²) in [6.45, 7) is -0.0478. The zero-order valence-electron chi connectivity index (χ0n) is 10.7. The molecule has 0 saturated heterocycles. The highest BCUT2D eigenvalue weighted by molar-refractivity contribution is 9.10. The van der Waals surface area contributed by atoms with Gasteiger partial charge in [0.25, 0.3) is 0 Å². The Bertz CT molecular complexity index is 647. The molecule has 0 aliphatic rings. The van der Waals surface area contributed by atoms with E-state index in [2.05, 4.69) is 26.2 Å². The lowest BCUT2D eigenvalue weighted by Crippen LogP contribution is -2.28. The second-order valence-corrected chi connectivity index (χ2v) is 5.17. The number of benzene rings is 1. The molecule has 1 heterocycles. The molecule has 4 nitrogen and oxygen atoms in total. The summed E-state index contributed by atoms with van der Waals surface area (Å²) in [5.41, 5.74) is 0.803. The molecule has 7 heteroatoms. The fourth-order valence-electron chi connectivity index (χ4n) is 1.99. The maximum Gasteiger partial charge on any atom is 0.404 e. The van der Waals surface area contributed by atoms with Crippen LogP contribution in [-0.4, -0.2) is 22.7 Å². The number of amides is 1. The van der Waals surface area contributed by atoms with Gasteiger partial charge in [0.15, 0.2) is 0 Å². The van der Waals surface area contributed by atoms with Gasteiger partial charge in [0.2, 0.25) is 0 Å². The molecule has 2 aromatic rings. The molecule has 0 saturated carbocycles. The van der Waals surface area contributed by atoms with E-state index in [-0.39, 0.29) is 6.54 Å². The molecule has 1 unspecified atom stereocenters. The predicted molar refractivity (Wildman–Crippen MR) is 76.2 cm³/mol. The van der Waals surface area contributed by atoms with Crippen LogP contribution < -0.4 is 5.32 Å². The molecule has 110 valence electrons. The van der Waals surface area contributed by atoms with Crippen molar-refractivity contribution < 1.29 is 18.7 Å². The number of carbonyl (C=O) groups is 1. The third kappa shape index (κ3) is 3.98. The molecule has 1 aromatic carbocycles. The minimum atomic E-state index is -1.22. The smallest absolute Gasteiger partial charge is 0.404 e. The Labute approximate surface area is 128 Å². The van der Waals surface area contributed by atoms with Crippen molar-refractivity contribution in [2.75, 3.05) is 6.54 Å². The van der Waals surface area contributed by atoms with Crippen molar-refractivity contribution in [1.29, 1.82) is 0 Å². The maximum absolute atomic E-state index is 13.4. The number of hydrogen-bond donors (Lipinski definition) is 2. The maximum atomic E-state index is 13.4. The first-order chi connectivity index (χ1) is 9.97. The second-order valence-electron chi connectivity index (χ2n) is 4.31. The van der Waals surface area contributed by atoms with Gasteiger partial charge in [-0.15, -0.1) is 0 Å². The minimum Gasteiger partial charge on any atom is -0.465 e. The topological polar surface area (TPSA) is 62.2 Å². The first-order valence-corrected chi connectivity index (χ1v) is 6.80. The summed E-state index contributed by atoms with van der Waals surface area (Å²) < 4.78 is 27.4. The van der Waals surface area contributed by atoms with Crippen molar-refractivity contribution in [2.45, 2.75) is 5.92 Å². The number of pyridine rings is 1. The van der Waals surface area contributed by atoms with Crippen LogP contribution in [0.15, 0.2) is 41.0 Å². The van der Waals surface area contributed by atoms with Crippen LogP contribution >= 0.6 is 15.9 Å². The van der Waals surface area contributed by atoms with Crippen molar-refractivity contribution in [2.24, 2.45) is 0 Å². The second kappa shape index (κ2) is 6.62. The minimum absolute atomic E-state index is 0.0478. The number of nitrogens with zero attached hydrogens (tertiary/aromatic N) is 1. The molecule has 0 aliphatic carbocycles. The van der Waals surface area contributed by atoms with Gasteiger partial charge in [0, 0.05) is 29.2 Å². The third-order valence-corrected chi connectivity index (χ3v) is 3.53. The number of carboxylic acid groups (broad SMARTS) is 1. The summed E-state index contributed by atoms with van der Waals surface area (Å²) in [5.74, 6) is -2.06. The van der Waals surface area contributed by atoms with Gasteiger partial charge in [-0.1, -0.05) is 0 Å². The summed E-state index contributed by atoms with van der Waals surface area (Å²) in [5, 5.41) is 11.0. The Morgan fingerprint density at radius 1 is 1.33 bits per heavy atom. The average molecular weight is 357 g/mol. The van der Waals surface area contributed by atoms with Gasteiger partial charge in [0.05, 0.1) is 5.69 Å². The van der Waals surface area contributed by atoms with Crippen LogP contribution in [0.5, 0.6) is 0 Å². The van der Waals surface area contributed by atoms with Crippen LogP contribution in [-0.2, 0) is 0 Å². The molecule has 0 aliphatic heterocycles. The molecule has 0 fully saturated rings. The van der Waals surface area contributed by atoms with E-state index in [1.807, 2.05) is 0 Å². The van der Waals surface area contributed by atoms with Gasteiger partial charge in [-0.2, -0.15) is 0 Å². The van der Waals surface area contributed by atoms with Gasteiger partial charge in [-0.05, 0) is 45.8 Å². The van der Waals surface area contributed by atoms with Crippen LogP contribution in [0.4, 0.5) is 13.6 Å². The van der Waals surface area contributed by atoms with Crippen LogP contribution in [0.2, 0.25) is 0 Å². The van der Waals surface area contributed by atoms with E-state index in [9.17, 15) is 13.6 Å². The van der Waals surface area contributed by atoms with Crippen LogP contribution in [0.1, 0.15) is 17.2 Å². The van der Waals surface area contributed by atoms with E-state index in [1.165, 1.54) is 18.3 Å². The molecule has 2 rings (SSSR count). The molecule has 0 bridgehead atoms. The molecule has 2 N–H and O–H groups in total. The molecule has 1 aromatic heterocycles. The average Bonchev–Trinajstić information content (AvgIpc) is 2.39. The van der Waals surface area contributed by atoms with Crippen LogP contribution in [0, 0.1) is 11.6 Å². The van der Waals surface area contributed by atoms with Gasteiger partial charge < -0.3 is 10.4 Å². The SMILES string of the molecule is O=C(O)NCC(c1cc(F)cc(F)c1)c1ncccc1Br. The van der Waals surface area contributed by atoms with Gasteiger partial charge >= 0.3 is 6.09 Å². The predicted octanol–water partition coefficient (Wildman–Crippen LogP) is 3.52. The van der Waals surface area contributed by atoms with E-state index in [1.54, 1.807) is 12.1 Å². The number of hydrogen-bond acceptors (Lipinski definition) is 2. The van der Waals surface area contributed by atoms with Crippen molar-refractivity contribution in [1.82, 2.24) is 10.3 Å². The molecule has 0 spiro atoms. The highest BCUT2D eigenvalue weighted by atomic mass is 79.9. The lowest BCUT2D eigenvalue weighted by molar-refractivity contribution is 0.194. The van der Waals surface area contributed by atoms with E-state index in [0.717, 1.165) is 6.07 Å².